The molecular formula is C22H26BrNO3. The van der Waals surface area contributed by atoms with Gasteiger partial charge in [0.2, 0.25) is 0 Å². The Kier molecular flexibility index (Phi) is 6.53. The first-order valence-electron chi connectivity index (χ1n) is 9.69. The topological polar surface area (TPSA) is 55.4 Å². The lowest BCUT2D eigenvalue weighted by molar-refractivity contribution is -0.139. The van der Waals surface area contributed by atoms with Crippen LogP contribution in [0.15, 0.2) is 51.3 Å². The molecule has 5 heteroatoms. The minimum Gasteiger partial charge on any atom is -0.462 e. The van der Waals surface area contributed by atoms with E-state index in [4.69, 9.17) is 4.74 Å². The van der Waals surface area contributed by atoms with Gasteiger partial charge in [-0.1, -0.05) is 47.8 Å². The molecule has 0 amide bonds. The third kappa shape index (κ3) is 4.34. The summed E-state index contributed by atoms with van der Waals surface area (Å²) in [5.74, 6) is -0.575. The number of ether oxygens (including phenoxy) is 1. The van der Waals surface area contributed by atoms with Crippen molar-refractivity contribution in [1.82, 2.24) is 5.32 Å². The minimum atomic E-state index is -0.370. The van der Waals surface area contributed by atoms with Crippen LogP contribution in [0.25, 0.3) is 0 Å². The van der Waals surface area contributed by atoms with Gasteiger partial charge in [0.25, 0.3) is 0 Å². The fraction of sp³-hybridized carbons (Fsp3) is 0.455. The average Bonchev–Trinajstić information content (AvgIpc) is 2.64. The smallest absolute Gasteiger partial charge is 0.336 e. The van der Waals surface area contributed by atoms with E-state index in [0.717, 1.165) is 59.1 Å². The van der Waals surface area contributed by atoms with E-state index in [2.05, 4.69) is 28.2 Å². The molecule has 0 radical (unpaired) electrons. The summed E-state index contributed by atoms with van der Waals surface area (Å²) in [6.07, 6.45) is 5.18. The highest BCUT2D eigenvalue weighted by atomic mass is 79.9. The fourth-order valence-electron chi connectivity index (χ4n) is 3.87. The number of halogens is 1. The molecule has 3 rings (SSSR count). The Bertz CT molecular complexity index is 810. The van der Waals surface area contributed by atoms with Crippen molar-refractivity contribution in [2.45, 2.75) is 58.3 Å². The van der Waals surface area contributed by atoms with Gasteiger partial charge in [-0.25, -0.2) is 4.79 Å². The molecule has 2 aliphatic rings. The SMILES string of the molecule is CCCCCOC(=O)C1=C(C)NC2=C(C(=O)CCC2)C1c1cccc(Br)c1. The zero-order valence-corrected chi connectivity index (χ0v) is 17.5. The Balaban J connectivity index is 1.99. The summed E-state index contributed by atoms with van der Waals surface area (Å²) in [6.45, 7) is 4.43. The number of allylic oxidation sites excluding steroid dienone is 3. The van der Waals surface area contributed by atoms with Gasteiger partial charge in [0.05, 0.1) is 12.2 Å². The van der Waals surface area contributed by atoms with Gasteiger partial charge >= 0.3 is 5.97 Å². The van der Waals surface area contributed by atoms with E-state index < -0.39 is 0 Å². The first-order chi connectivity index (χ1) is 13.0. The average molecular weight is 432 g/mol. The van der Waals surface area contributed by atoms with Crippen LogP contribution in [0.4, 0.5) is 0 Å². The molecule has 1 atom stereocenters. The van der Waals surface area contributed by atoms with Crippen molar-refractivity contribution in [3.8, 4) is 0 Å². The lowest BCUT2D eigenvalue weighted by Gasteiger charge is -2.34. The number of dihydropyridines is 1. The van der Waals surface area contributed by atoms with E-state index in [1.165, 1.54) is 0 Å². The van der Waals surface area contributed by atoms with E-state index in [0.29, 0.717) is 18.6 Å². The van der Waals surface area contributed by atoms with Crippen LogP contribution in [0, 0.1) is 0 Å². The second-order valence-corrected chi connectivity index (χ2v) is 8.08. The lowest BCUT2D eigenvalue weighted by Crippen LogP contribution is -2.34. The number of esters is 1. The van der Waals surface area contributed by atoms with Gasteiger partial charge < -0.3 is 10.1 Å². The highest BCUT2D eigenvalue weighted by Crippen LogP contribution is 2.42. The summed E-state index contributed by atoms with van der Waals surface area (Å²) in [5.41, 5.74) is 3.96. The molecule has 144 valence electrons. The van der Waals surface area contributed by atoms with Crippen molar-refractivity contribution in [2.75, 3.05) is 6.61 Å². The quantitative estimate of drug-likeness (QED) is 0.499. The molecule has 1 aromatic rings. The Hall–Kier alpha value is -1.88. The van der Waals surface area contributed by atoms with Gasteiger partial charge in [-0.05, 0) is 43.9 Å². The van der Waals surface area contributed by atoms with Gasteiger partial charge in [0, 0.05) is 33.8 Å². The van der Waals surface area contributed by atoms with Crippen LogP contribution in [0.5, 0.6) is 0 Å². The maximum absolute atomic E-state index is 13.0. The van der Waals surface area contributed by atoms with E-state index in [1.807, 2.05) is 31.2 Å². The summed E-state index contributed by atoms with van der Waals surface area (Å²) in [6, 6.07) is 7.85. The van der Waals surface area contributed by atoms with Crippen LogP contribution >= 0.6 is 15.9 Å². The summed E-state index contributed by atoms with van der Waals surface area (Å²) >= 11 is 3.51. The van der Waals surface area contributed by atoms with Crippen molar-refractivity contribution < 1.29 is 14.3 Å². The van der Waals surface area contributed by atoms with Gasteiger partial charge in [-0.2, -0.15) is 0 Å². The molecule has 1 aliphatic carbocycles. The predicted molar refractivity (Wildman–Crippen MR) is 109 cm³/mol. The summed E-state index contributed by atoms with van der Waals surface area (Å²) in [7, 11) is 0. The zero-order valence-electron chi connectivity index (χ0n) is 15.9. The lowest BCUT2D eigenvalue weighted by atomic mass is 9.75. The summed E-state index contributed by atoms with van der Waals surface area (Å²) in [4.78, 5) is 25.7. The molecule has 1 N–H and O–H groups in total. The number of rotatable bonds is 6. The van der Waals surface area contributed by atoms with Crippen molar-refractivity contribution >= 4 is 27.7 Å². The van der Waals surface area contributed by atoms with E-state index in [9.17, 15) is 9.59 Å². The van der Waals surface area contributed by atoms with Crippen molar-refractivity contribution in [1.29, 1.82) is 0 Å². The molecule has 0 aromatic heterocycles. The number of Topliss-reactive ketones (excluding diaryl/α,β-unsaturated/α-hetero) is 1. The van der Waals surface area contributed by atoms with Crippen LogP contribution in [0.2, 0.25) is 0 Å². The Labute approximate surface area is 169 Å². The van der Waals surface area contributed by atoms with Crippen molar-refractivity contribution in [3.63, 3.8) is 0 Å². The molecule has 1 aromatic carbocycles. The van der Waals surface area contributed by atoms with E-state index >= 15 is 0 Å². The van der Waals surface area contributed by atoms with Gasteiger partial charge in [-0.3, -0.25) is 4.79 Å². The van der Waals surface area contributed by atoms with Gasteiger partial charge in [0.15, 0.2) is 5.78 Å². The second-order valence-electron chi connectivity index (χ2n) is 7.16. The van der Waals surface area contributed by atoms with Gasteiger partial charge in [0.1, 0.15) is 0 Å². The number of ketones is 1. The Morgan fingerprint density at radius 2 is 2.11 bits per heavy atom. The predicted octanol–water partition coefficient (Wildman–Crippen LogP) is 5.15. The normalized spacial score (nSPS) is 19.7. The van der Waals surface area contributed by atoms with Gasteiger partial charge in [-0.15, -0.1) is 0 Å². The zero-order chi connectivity index (χ0) is 19.4. The molecule has 1 heterocycles. The molecule has 0 saturated carbocycles. The van der Waals surface area contributed by atoms with Crippen LogP contribution in [0.3, 0.4) is 0 Å². The molecular weight excluding hydrogens is 406 g/mol. The number of hydrogen-bond acceptors (Lipinski definition) is 4. The Morgan fingerprint density at radius 3 is 2.85 bits per heavy atom. The fourth-order valence-corrected chi connectivity index (χ4v) is 4.28. The molecule has 27 heavy (non-hydrogen) atoms. The van der Waals surface area contributed by atoms with E-state index in [1.54, 1.807) is 0 Å². The minimum absolute atomic E-state index is 0.123. The summed E-state index contributed by atoms with van der Waals surface area (Å²) in [5, 5.41) is 3.32. The molecule has 0 fully saturated rings. The second kappa shape index (κ2) is 8.87. The van der Waals surface area contributed by atoms with Crippen molar-refractivity contribution in [3.05, 3.63) is 56.8 Å². The molecule has 1 unspecified atom stereocenters. The largest absolute Gasteiger partial charge is 0.462 e. The highest BCUT2D eigenvalue weighted by Gasteiger charge is 2.39. The third-order valence-corrected chi connectivity index (χ3v) is 5.65. The first kappa shape index (κ1) is 19.9. The molecule has 0 bridgehead atoms. The maximum Gasteiger partial charge on any atom is 0.336 e. The monoisotopic (exact) mass is 431 g/mol. The number of nitrogens with one attached hydrogen (secondary N) is 1. The Morgan fingerprint density at radius 1 is 1.30 bits per heavy atom. The number of benzene rings is 1. The van der Waals surface area contributed by atoms with Crippen molar-refractivity contribution in [2.24, 2.45) is 0 Å². The standard InChI is InChI=1S/C22H26BrNO3/c1-3-4-5-12-27-22(26)19-14(2)24-17-10-7-11-18(25)21(17)20(19)15-8-6-9-16(23)13-15/h6,8-9,13,20,24H,3-5,7,10-12H2,1-2H3. The van der Waals surface area contributed by atoms with Crippen LogP contribution in [0.1, 0.15) is 63.9 Å². The molecule has 4 nitrogen and oxygen atoms in total. The highest BCUT2D eigenvalue weighted by molar-refractivity contribution is 9.10. The number of hydrogen-bond donors (Lipinski definition) is 1. The maximum atomic E-state index is 13.0. The third-order valence-electron chi connectivity index (χ3n) is 5.16. The van der Waals surface area contributed by atoms with Crippen LogP contribution < -0.4 is 5.32 Å². The number of unbranched alkanes of at least 4 members (excludes halogenated alkanes) is 2. The molecule has 0 spiro atoms. The molecule has 1 aliphatic heterocycles. The first-order valence-corrected chi connectivity index (χ1v) is 10.5. The summed E-state index contributed by atoms with van der Waals surface area (Å²) < 4.78 is 6.50. The number of carbonyl (C=O) groups excluding carboxylic acids is 2. The van der Waals surface area contributed by atoms with E-state index in [-0.39, 0.29) is 17.7 Å². The van der Waals surface area contributed by atoms with Crippen LogP contribution in [-0.2, 0) is 14.3 Å². The number of carbonyl (C=O) groups is 2. The molecule has 0 saturated heterocycles. The van der Waals surface area contributed by atoms with Crippen LogP contribution in [-0.4, -0.2) is 18.4 Å².